The zero-order chi connectivity index (χ0) is 15.3. The van der Waals surface area contributed by atoms with Gasteiger partial charge in [-0.25, -0.2) is 13.1 Å². The van der Waals surface area contributed by atoms with Gasteiger partial charge in [-0.05, 0) is 25.0 Å². The summed E-state index contributed by atoms with van der Waals surface area (Å²) < 4.78 is 32.8. The molecule has 1 aliphatic carbocycles. The predicted molar refractivity (Wildman–Crippen MR) is 82.9 cm³/mol. The van der Waals surface area contributed by atoms with Crippen molar-refractivity contribution in [2.45, 2.75) is 23.8 Å². The van der Waals surface area contributed by atoms with Crippen LogP contribution in [0.1, 0.15) is 12.8 Å². The van der Waals surface area contributed by atoms with Crippen molar-refractivity contribution < 1.29 is 13.2 Å². The average molecular weight is 313 g/mol. The molecule has 0 radical (unpaired) electrons. The number of nitrogens with zero attached hydrogens (tertiary/aromatic N) is 1. The van der Waals surface area contributed by atoms with Gasteiger partial charge in [-0.3, -0.25) is 0 Å². The van der Waals surface area contributed by atoms with Crippen LogP contribution < -0.4 is 15.4 Å². The molecule has 1 aromatic rings. The molecule has 3 N–H and O–H groups in total. The Labute approximate surface area is 126 Å². The average Bonchev–Trinajstić information content (AvgIpc) is 3.27. The molecule has 118 valence electrons. The van der Waals surface area contributed by atoms with Gasteiger partial charge in [-0.2, -0.15) is 0 Å². The molecule has 0 bridgehead atoms. The third-order valence-corrected chi connectivity index (χ3v) is 4.93. The lowest BCUT2D eigenvalue weighted by atomic mass is 10.3. The molecular formula is C14H23N3O3S. The van der Waals surface area contributed by atoms with Crippen LogP contribution in [-0.2, 0) is 14.8 Å². The standard InChI is InChI=1S/C14H23N3O3S/c1-20-11-10-17(9-8-15)13-4-2-3-5-14(13)21(18,19)16-12-6-7-12/h2-5,12,16H,6-11,15H2,1H3. The van der Waals surface area contributed by atoms with Crippen molar-refractivity contribution in [2.75, 3.05) is 38.3 Å². The van der Waals surface area contributed by atoms with Crippen molar-refractivity contribution in [1.82, 2.24) is 4.72 Å². The number of nitrogens with two attached hydrogens (primary N) is 1. The number of hydrogen-bond donors (Lipinski definition) is 2. The minimum absolute atomic E-state index is 0.0880. The monoisotopic (exact) mass is 313 g/mol. The summed E-state index contributed by atoms with van der Waals surface area (Å²) in [7, 11) is -1.87. The van der Waals surface area contributed by atoms with Crippen LogP contribution in [0.5, 0.6) is 0 Å². The highest BCUT2D eigenvalue weighted by molar-refractivity contribution is 7.89. The molecule has 0 aliphatic heterocycles. The van der Waals surface area contributed by atoms with Crippen LogP contribution >= 0.6 is 0 Å². The Morgan fingerprint density at radius 1 is 1.33 bits per heavy atom. The smallest absolute Gasteiger partial charge is 0.242 e. The molecule has 21 heavy (non-hydrogen) atoms. The van der Waals surface area contributed by atoms with Crippen LogP contribution in [-0.4, -0.2) is 47.8 Å². The fraction of sp³-hybridized carbons (Fsp3) is 0.571. The highest BCUT2D eigenvalue weighted by Gasteiger charge is 2.30. The van der Waals surface area contributed by atoms with Gasteiger partial charge in [0.1, 0.15) is 4.90 Å². The number of methoxy groups -OCH3 is 1. The van der Waals surface area contributed by atoms with Gasteiger partial charge in [0.2, 0.25) is 10.0 Å². The number of ether oxygens (including phenoxy) is 1. The fourth-order valence-corrected chi connectivity index (χ4v) is 3.67. The van der Waals surface area contributed by atoms with Crippen LogP contribution in [0, 0.1) is 0 Å². The first-order valence-electron chi connectivity index (χ1n) is 7.14. The van der Waals surface area contributed by atoms with E-state index in [1.54, 1.807) is 19.2 Å². The molecule has 6 nitrogen and oxygen atoms in total. The van der Waals surface area contributed by atoms with Crippen molar-refractivity contribution in [3.63, 3.8) is 0 Å². The van der Waals surface area contributed by atoms with Crippen molar-refractivity contribution in [1.29, 1.82) is 0 Å². The SMILES string of the molecule is COCCN(CCN)c1ccccc1S(=O)(=O)NC1CC1. The van der Waals surface area contributed by atoms with E-state index in [9.17, 15) is 8.42 Å². The lowest BCUT2D eigenvalue weighted by molar-refractivity contribution is 0.205. The number of rotatable bonds is 9. The Kier molecular flexibility index (Phi) is 5.58. The van der Waals surface area contributed by atoms with Crippen molar-refractivity contribution >= 4 is 15.7 Å². The zero-order valence-corrected chi connectivity index (χ0v) is 13.1. The summed E-state index contributed by atoms with van der Waals surface area (Å²) >= 11 is 0. The van der Waals surface area contributed by atoms with Crippen molar-refractivity contribution in [3.8, 4) is 0 Å². The maximum absolute atomic E-state index is 12.5. The van der Waals surface area contributed by atoms with E-state index in [1.807, 2.05) is 17.0 Å². The predicted octanol–water partition coefficient (Wildman–Crippen LogP) is 0.539. The second kappa shape index (κ2) is 7.22. The highest BCUT2D eigenvalue weighted by Crippen LogP contribution is 2.28. The Bertz CT molecular complexity index is 558. The number of anilines is 1. The fourth-order valence-electron chi connectivity index (χ4n) is 2.14. The van der Waals surface area contributed by atoms with E-state index in [2.05, 4.69) is 4.72 Å². The molecule has 0 heterocycles. The number of para-hydroxylation sites is 1. The molecule has 1 aromatic carbocycles. The highest BCUT2D eigenvalue weighted by atomic mass is 32.2. The van der Waals surface area contributed by atoms with Gasteiger partial charge < -0.3 is 15.4 Å². The first-order chi connectivity index (χ1) is 10.1. The maximum Gasteiger partial charge on any atom is 0.242 e. The summed E-state index contributed by atoms with van der Waals surface area (Å²) in [6.07, 6.45) is 1.83. The van der Waals surface area contributed by atoms with Gasteiger partial charge >= 0.3 is 0 Å². The normalized spacial score (nSPS) is 15.1. The Morgan fingerprint density at radius 2 is 2.05 bits per heavy atom. The van der Waals surface area contributed by atoms with E-state index in [1.165, 1.54) is 0 Å². The first-order valence-corrected chi connectivity index (χ1v) is 8.62. The lowest BCUT2D eigenvalue weighted by Gasteiger charge is -2.26. The minimum atomic E-state index is -3.49. The summed E-state index contributed by atoms with van der Waals surface area (Å²) in [5.41, 5.74) is 6.32. The third kappa shape index (κ3) is 4.41. The summed E-state index contributed by atoms with van der Waals surface area (Å²) in [5, 5.41) is 0. The summed E-state index contributed by atoms with van der Waals surface area (Å²) in [6, 6.07) is 7.11. The minimum Gasteiger partial charge on any atom is -0.383 e. The molecule has 0 amide bonds. The second-order valence-electron chi connectivity index (χ2n) is 5.13. The van der Waals surface area contributed by atoms with Gasteiger partial charge in [0.05, 0.1) is 12.3 Å². The van der Waals surface area contributed by atoms with E-state index in [4.69, 9.17) is 10.5 Å². The van der Waals surface area contributed by atoms with Crippen LogP contribution in [0.3, 0.4) is 0 Å². The summed E-state index contributed by atoms with van der Waals surface area (Å²) in [4.78, 5) is 2.26. The van der Waals surface area contributed by atoms with Crippen LogP contribution in [0.15, 0.2) is 29.2 Å². The molecular weight excluding hydrogens is 290 g/mol. The van der Waals surface area contributed by atoms with Crippen LogP contribution in [0.2, 0.25) is 0 Å². The number of hydrogen-bond acceptors (Lipinski definition) is 5. The molecule has 0 atom stereocenters. The molecule has 0 spiro atoms. The van der Waals surface area contributed by atoms with Crippen molar-refractivity contribution in [3.05, 3.63) is 24.3 Å². The number of sulfonamides is 1. The molecule has 0 aromatic heterocycles. The van der Waals surface area contributed by atoms with E-state index in [0.29, 0.717) is 36.8 Å². The summed E-state index contributed by atoms with van der Waals surface area (Å²) in [6.45, 7) is 2.15. The maximum atomic E-state index is 12.5. The number of benzene rings is 1. The van der Waals surface area contributed by atoms with Gasteiger partial charge in [0.25, 0.3) is 0 Å². The zero-order valence-electron chi connectivity index (χ0n) is 12.3. The quantitative estimate of drug-likeness (QED) is 0.695. The molecule has 1 saturated carbocycles. The van der Waals surface area contributed by atoms with Gasteiger partial charge in [-0.1, -0.05) is 12.1 Å². The molecule has 0 unspecified atom stereocenters. The Morgan fingerprint density at radius 3 is 2.67 bits per heavy atom. The lowest BCUT2D eigenvalue weighted by Crippen LogP contribution is -2.35. The van der Waals surface area contributed by atoms with E-state index in [0.717, 1.165) is 12.8 Å². The largest absolute Gasteiger partial charge is 0.383 e. The molecule has 1 fully saturated rings. The van der Waals surface area contributed by atoms with Gasteiger partial charge in [0, 0.05) is 32.8 Å². The van der Waals surface area contributed by atoms with Crippen LogP contribution in [0.25, 0.3) is 0 Å². The second-order valence-corrected chi connectivity index (χ2v) is 6.81. The topological polar surface area (TPSA) is 84.7 Å². The first kappa shape index (κ1) is 16.2. The Balaban J connectivity index is 2.28. The molecule has 1 aliphatic rings. The van der Waals surface area contributed by atoms with Gasteiger partial charge in [0.15, 0.2) is 0 Å². The molecule has 0 saturated heterocycles. The molecule has 7 heteroatoms. The van der Waals surface area contributed by atoms with E-state index in [-0.39, 0.29) is 6.04 Å². The van der Waals surface area contributed by atoms with E-state index >= 15 is 0 Å². The molecule has 2 rings (SSSR count). The van der Waals surface area contributed by atoms with Crippen LogP contribution in [0.4, 0.5) is 5.69 Å². The Hall–Kier alpha value is -1.15. The van der Waals surface area contributed by atoms with Crippen molar-refractivity contribution in [2.24, 2.45) is 5.73 Å². The third-order valence-electron chi connectivity index (χ3n) is 3.36. The van der Waals surface area contributed by atoms with Gasteiger partial charge in [-0.15, -0.1) is 0 Å². The summed E-state index contributed by atoms with van der Waals surface area (Å²) in [5.74, 6) is 0. The number of nitrogens with one attached hydrogen (secondary N) is 1. The van der Waals surface area contributed by atoms with E-state index < -0.39 is 10.0 Å².